The molecule has 0 aromatic carbocycles. The van der Waals surface area contributed by atoms with E-state index in [0.29, 0.717) is 0 Å². The molecule has 1 N–H and O–H groups in total. The van der Waals surface area contributed by atoms with Crippen molar-refractivity contribution >= 4 is 0 Å². The van der Waals surface area contributed by atoms with Gasteiger partial charge < -0.3 is 19.3 Å². The van der Waals surface area contributed by atoms with Crippen molar-refractivity contribution in [3.05, 3.63) is 0 Å². The Labute approximate surface area is 109 Å². The van der Waals surface area contributed by atoms with Gasteiger partial charge in [0.25, 0.3) is 0 Å². The van der Waals surface area contributed by atoms with Crippen molar-refractivity contribution in [3.8, 4) is 0 Å². The zero-order valence-electron chi connectivity index (χ0n) is 11.4. The second-order valence-electron chi connectivity index (χ2n) is 5.73. The van der Waals surface area contributed by atoms with Gasteiger partial charge in [-0.3, -0.25) is 4.90 Å². The number of hydrogen-bond acceptors (Lipinski definition) is 5. The van der Waals surface area contributed by atoms with Gasteiger partial charge in [0.15, 0.2) is 6.29 Å². The zero-order valence-corrected chi connectivity index (χ0v) is 11.4. The van der Waals surface area contributed by atoms with Crippen molar-refractivity contribution < 1.29 is 19.3 Å². The fourth-order valence-corrected chi connectivity index (χ4v) is 2.67. The largest absolute Gasteiger partial charge is 0.394 e. The standard InChI is InChI=1S/C13H25NO4/c1-13(2)10-14(8-11(9-15)18-13)5-4-12-16-6-3-7-17-12/h11-12,15H,3-10H2,1-2H3. The molecule has 0 radical (unpaired) electrons. The molecule has 0 saturated carbocycles. The molecule has 2 rings (SSSR count). The molecule has 0 amide bonds. The molecule has 1 unspecified atom stereocenters. The van der Waals surface area contributed by atoms with Gasteiger partial charge in [0, 0.05) is 26.1 Å². The molecule has 106 valence electrons. The molecular weight excluding hydrogens is 234 g/mol. The molecule has 0 spiro atoms. The first-order valence-electron chi connectivity index (χ1n) is 6.83. The molecular formula is C13H25NO4. The van der Waals surface area contributed by atoms with E-state index in [0.717, 1.165) is 45.7 Å². The van der Waals surface area contributed by atoms with Crippen LogP contribution in [0.1, 0.15) is 26.7 Å². The number of rotatable bonds is 4. The molecule has 2 aliphatic heterocycles. The van der Waals surface area contributed by atoms with Crippen molar-refractivity contribution in [2.75, 3.05) is 39.5 Å². The van der Waals surface area contributed by atoms with E-state index in [4.69, 9.17) is 14.2 Å². The Bertz CT molecular complexity index is 253. The fraction of sp³-hybridized carbons (Fsp3) is 1.00. The smallest absolute Gasteiger partial charge is 0.158 e. The lowest BCUT2D eigenvalue weighted by atomic mass is 10.1. The van der Waals surface area contributed by atoms with Gasteiger partial charge in [0.1, 0.15) is 0 Å². The second kappa shape index (κ2) is 6.30. The molecule has 2 aliphatic rings. The predicted molar refractivity (Wildman–Crippen MR) is 67.4 cm³/mol. The van der Waals surface area contributed by atoms with E-state index in [1.807, 2.05) is 0 Å². The van der Waals surface area contributed by atoms with Crippen molar-refractivity contribution in [1.82, 2.24) is 4.90 Å². The van der Waals surface area contributed by atoms with Crippen LogP contribution in [0.25, 0.3) is 0 Å². The summed E-state index contributed by atoms with van der Waals surface area (Å²) in [5, 5.41) is 9.26. The summed E-state index contributed by atoms with van der Waals surface area (Å²) in [6, 6.07) is 0. The van der Waals surface area contributed by atoms with Gasteiger partial charge in [0.05, 0.1) is 31.5 Å². The highest BCUT2D eigenvalue weighted by atomic mass is 16.7. The predicted octanol–water partition coefficient (Wildman–Crippen LogP) is 0.611. The number of nitrogens with zero attached hydrogens (tertiary/aromatic N) is 1. The molecule has 0 aromatic heterocycles. The van der Waals surface area contributed by atoms with E-state index in [9.17, 15) is 5.11 Å². The molecule has 2 heterocycles. The molecule has 5 nitrogen and oxygen atoms in total. The average molecular weight is 259 g/mol. The van der Waals surface area contributed by atoms with Gasteiger partial charge in [-0.2, -0.15) is 0 Å². The Kier molecular flexibility index (Phi) is 4.98. The van der Waals surface area contributed by atoms with E-state index in [-0.39, 0.29) is 24.6 Å². The summed E-state index contributed by atoms with van der Waals surface area (Å²) < 4.78 is 16.9. The lowest BCUT2D eigenvalue weighted by Gasteiger charge is -2.42. The van der Waals surface area contributed by atoms with Crippen LogP contribution >= 0.6 is 0 Å². The normalized spacial score (nSPS) is 30.5. The first-order valence-corrected chi connectivity index (χ1v) is 6.83. The number of morpholine rings is 1. The maximum absolute atomic E-state index is 9.26. The van der Waals surface area contributed by atoms with Crippen LogP contribution in [-0.4, -0.2) is 67.5 Å². The minimum absolute atomic E-state index is 0.0581. The number of aliphatic hydroxyl groups excluding tert-OH is 1. The highest BCUT2D eigenvalue weighted by Crippen LogP contribution is 2.21. The fourth-order valence-electron chi connectivity index (χ4n) is 2.67. The highest BCUT2D eigenvalue weighted by molar-refractivity contribution is 4.84. The number of aliphatic hydroxyl groups is 1. The Morgan fingerprint density at radius 3 is 2.67 bits per heavy atom. The molecule has 2 saturated heterocycles. The quantitative estimate of drug-likeness (QED) is 0.802. The Hall–Kier alpha value is -0.200. The van der Waals surface area contributed by atoms with Crippen LogP contribution in [0.15, 0.2) is 0 Å². The van der Waals surface area contributed by atoms with Crippen LogP contribution in [0.4, 0.5) is 0 Å². The SMILES string of the molecule is CC1(C)CN(CCC2OCCCO2)CC(CO)O1. The summed E-state index contributed by atoms with van der Waals surface area (Å²) >= 11 is 0. The van der Waals surface area contributed by atoms with Crippen molar-refractivity contribution in [2.45, 2.75) is 44.7 Å². The zero-order chi connectivity index (χ0) is 13.0. The summed E-state index contributed by atoms with van der Waals surface area (Å²) in [6.45, 7) is 8.41. The third-order valence-corrected chi connectivity index (χ3v) is 3.33. The lowest BCUT2D eigenvalue weighted by Crippen LogP contribution is -2.54. The third-order valence-electron chi connectivity index (χ3n) is 3.33. The first-order chi connectivity index (χ1) is 8.59. The highest BCUT2D eigenvalue weighted by Gasteiger charge is 2.33. The van der Waals surface area contributed by atoms with E-state index < -0.39 is 0 Å². The van der Waals surface area contributed by atoms with Crippen LogP contribution in [0.5, 0.6) is 0 Å². The number of ether oxygens (including phenoxy) is 3. The van der Waals surface area contributed by atoms with Gasteiger partial charge in [-0.15, -0.1) is 0 Å². The van der Waals surface area contributed by atoms with Gasteiger partial charge in [-0.1, -0.05) is 0 Å². The van der Waals surface area contributed by atoms with Gasteiger partial charge in [0.2, 0.25) is 0 Å². The van der Waals surface area contributed by atoms with Crippen molar-refractivity contribution in [3.63, 3.8) is 0 Å². The second-order valence-corrected chi connectivity index (χ2v) is 5.73. The molecule has 2 fully saturated rings. The summed E-state index contributed by atoms with van der Waals surface area (Å²) in [7, 11) is 0. The summed E-state index contributed by atoms with van der Waals surface area (Å²) in [6.07, 6.45) is 1.74. The number of hydrogen-bond donors (Lipinski definition) is 1. The monoisotopic (exact) mass is 259 g/mol. The van der Waals surface area contributed by atoms with E-state index >= 15 is 0 Å². The molecule has 18 heavy (non-hydrogen) atoms. The van der Waals surface area contributed by atoms with Crippen molar-refractivity contribution in [2.24, 2.45) is 0 Å². The third kappa shape index (κ3) is 4.17. The van der Waals surface area contributed by atoms with E-state index in [1.165, 1.54) is 0 Å². The maximum Gasteiger partial charge on any atom is 0.158 e. The van der Waals surface area contributed by atoms with E-state index in [2.05, 4.69) is 18.7 Å². The van der Waals surface area contributed by atoms with Crippen LogP contribution in [0.2, 0.25) is 0 Å². The summed E-state index contributed by atoms with van der Waals surface area (Å²) in [5.74, 6) is 0. The summed E-state index contributed by atoms with van der Waals surface area (Å²) in [5.41, 5.74) is -0.195. The van der Waals surface area contributed by atoms with Crippen LogP contribution in [0.3, 0.4) is 0 Å². The maximum atomic E-state index is 9.26. The topological polar surface area (TPSA) is 51.2 Å². The minimum atomic E-state index is -0.195. The van der Waals surface area contributed by atoms with Crippen molar-refractivity contribution in [1.29, 1.82) is 0 Å². The summed E-state index contributed by atoms with van der Waals surface area (Å²) in [4.78, 5) is 2.33. The first kappa shape index (κ1) is 14.2. The molecule has 0 aromatic rings. The molecule has 5 heteroatoms. The van der Waals surface area contributed by atoms with Gasteiger partial charge in [-0.05, 0) is 20.3 Å². The van der Waals surface area contributed by atoms with Crippen LogP contribution in [-0.2, 0) is 14.2 Å². The van der Waals surface area contributed by atoms with Gasteiger partial charge >= 0.3 is 0 Å². The van der Waals surface area contributed by atoms with E-state index in [1.54, 1.807) is 0 Å². The van der Waals surface area contributed by atoms with Crippen LogP contribution < -0.4 is 0 Å². The molecule has 0 bridgehead atoms. The minimum Gasteiger partial charge on any atom is -0.394 e. The lowest BCUT2D eigenvalue weighted by molar-refractivity contribution is -0.189. The Morgan fingerprint density at radius 2 is 2.00 bits per heavy atom. The Morgan fingerprint density at radius 1 is 1.28 bits per heavy atom. The average Bonchev–Trinajstić information content (AvgIpc) is 2.36. The molecule has 0 aliphatic carbocycles. The molecule has 1 atom stereocenters. The Balaban J connectivity index is 1.77. The van der Waals surface area contributed by atoms with Crippen LogP contribution in [0, 0.1) is 0 Å². The van der Waals surface area contributed by atoms with Gasteiger partial charge in [-0.25, -0.2) is 0 Å².